The lowest BCUT2D eigenvalue weighted by Crippen LogP contribution is -2.26. The van der Waals surface area contributed by atoms with E-state index in [0.717, 1.165) is 16.9 Å². The third-order valence-electron chi connectivity index (χ3n) is 4.17. The van der Waals surface area contributed by atoms with E-state index in [-0.39, 0.29) is 11.6 Å². The topological polar surface area (TPSA) is 26.3 Å². The number of ketones is 1. The molecule has 3 rings (SSSR count). The first-order valence-corrected chi connectivity index (χ1v) is 6.98. The van der Waals surface area contributed by atoms with Crippen LogP contribution in [-0.2, 0) is 12.8 Å². The fraction of sp³-hybridized carbons (Fsp3) is 0.278. The van der Waals surface area contributed by atoms with Crippen LogP contribution in [0.15, 0.2) is 42.5 Å². The molecule has 21 heavy (non-hydrogen) atoms. The van der Waals surface area contributed by atoms with Gasteiger partial charge in [0.1, 0.15) is 11.6 Å². The van der Waals surface area contributed by atoms with Crippen LogP contribution >= 0.6 is 0 Å². The quantitative estimate of drug-likeness (QED) is 0.856. The summed E-state index contributed by atoms with van der Waals surface area (Å²) in [6.45, 7) is 1.95. The molecule has 0 aliphatic heterocycles. The monoisotopic (exact) mass is 284 g/mol. The summed E-state index contributed by atoms with van der Waals surface area (Å²) in [6, 6.07) is 12.2. The molecule has 1 aliphatic carbocycles. The van der Waals surface area contributed by atoms with Crippen LogP contribution in [0.4, 0.5) is 4.39 Å². The van der Waals surface area contributed by atoms with Gasteiger partial charge >= 0.3 is 0 Å². The highest BCUT2D eigenvalue weighted by molar-refractivity contribution is 6.04. The number of fused-ring (bicyclic) bond motifs is 1. The largest absolute Gasteiger partial charge is 0.497 e. The molecule has 0 amide bonds. The van der Waals surface area contributed by atoms with Gasteiger partial charge in [0.15, 0.2) is 5.78 Å². The molecule has 2 aromatic carbocycles. The summed E-state index contributed by atoms with van der Waals surface area (Å²) in [5, 5.41) is 0. The molecule has 0 saturated carbocycles. The molecule has 3 heteroatoms. The number of carbonyl (C=O) groups is 1. The van der Waals surface area contributed by atoms with Crippen LogP contribution < -0.4 is 4.74 Å². The number of hydrogen-bond acceptors (Lipinski definition) is 2. The van der Waals surface area contributed by atoms with Gasteiger partial charge in [-0.05, 0) is 54.3 Å². The van der Waals surface area contributed by atoms with Crippen LogP contribution in [0.25, 0.3) is 0 Å². The van der Waals surface area contributed by atoms with Gasteiger partial charge in [0.2, 0.25) is 0 Å². The van der Waals surface area contributed by atoms with Gasteiger partial charge in [-0.3, -0.25) is 4.79 Å². The minimum absolute atomic E-state index is 0.0975. The maximum atomic E-state index is 13.3. The smallest absolute Gasteiger partial charge is 0.169 e. The lowest BCUT2D eigenvalue weighted by Gasteiger charge is -2.22. The number of halogens is 1. The Morgan fingerprint density at radius 3 is 2.81 bits per heavy atom. The van der Waals surface area contributed by atoms with Gasteiger partial charge in [-0.1, -0.05) is 19.1 Å². The summed E-state index contributed by atoms with van der Waals surface area (Å²) in [4.78, 5) is 12.6. The average Bonchev–Trinajstić information content (AvgIpc) is 2.70. The van der Waals surface area contributed by atoms with Gasteiger partial charge in [-0.15, -0.1) is 0 Å². The van der Waals surface area contributed by atoms with Crippen LogP contribution in [0, 0.1) is 11.2 Å². The fourth-order valence-corrected chi connectivity index (χ4v) is 3.13. The van der Waals surface area contributed by atoms with E-state index >= 15 is 0 Å². The second-order valence-electron chi connectivity index (χ2n) is 5.90. The van der Waals surface area contributed by atoms with Crippen molar-refractivity contribution in [3.63, 3.8) is 0 Å². The molecule has 108 valence electrons. The van der Waals surface area contributed by atoms with E-state index in [9.17, 15) is 9.18 Å². The van der Waals surface area contributed by atoms with Crippen molar-refractivity contribution in [2.45, 2.75) is 19.8 Å². The average molecular weight is 284 g/mol. The molecule has 0 heterocycles. The highest BCUT2D eigenvalue weighted by atomic mass is 19.1. The first-order chi connectivity index (χ1) is 10.0. The Labute approximate surface area is 123 Å². The van der Waals surface area contributed by atoms with Gasteiger partial charge in [0.05, 0.1) is 7.11 Å². The van der Waals surface area contributed by atoms with Crippen molar-refractivity contribution in [3.8, 4) is 5.75 Å². The molecule has 2 aromatic rings. The summed E-state index contributed by atoms with van der Waals surface area (Å²) < 4.78 is 18.6. The fourth-order valence-electron chi connectivity index (χ4n) is 3.13. The van der Waals surface area contributed by atoms with Crippen molar-refractivity contribution in [2.24, 2.45) is 5.41 Å². The van der Waals surface area contributed by atoms with Gasteiger partial charge in [-0.25, -0.2) is 4.39 Å². The second kappa shape index (κ2) is 4.99. The van der Waals surface area contributed by atoms with Crippen LogP contribution in [0.3, 0.4) is 0 Å². The maximum Gasteiger partial charge on any atom is 0.169 e. The molecular formula is C18H17FO2. The molecule has 0 bridgehead atoms. The van der Waals surface area contributed by atoms with E-state index in [1.165, 1.54) is 12.1 Å². The predicted molar refractivity (Wildman–Crippen MR) is 79.2 cm³/mol. The molecule has 0 radical (unpaired) electrons. The number of rotatable bonds is 3. The molecule has 0 saturated heterocycles. The number of Topliss-reactive ketones (excluding diaryl/α,β-unsaturated/α-hetero) is 1. The highest BCUT2D eigenvalue weighted by Gasteiger charge is 2.41. The summed E-state index contributed by atoms with van der Waals surface area (Å²) in [7, 11) is 1.63. The summed E-state index contributed by atoms with van der Waals surface area (Å²) >= 11 is 0. The lowest BCUT2D eigenvalue weighted by molar-refractivity contribution is 0.0842. The van der Waals surface area contributed by atoms with E-state index in [2.05, 4.69) is 0 Å². The van der Waals surface area contributed by atoms with E-state index < -0.39 is 5.41 Å². The Kier molecular flexibility index (Phi) is 3.28. The van der Waals surface area contributed by atoms with Crippen LogP contribution in [0.2, 0.25) is 0 Å². The number of benzene rings is 2. The van der Waals surface area contributed by atoms with Crippen molar-refractivity contribution >= 4 is 5.78 Å². The molecule has 2 nitrogen and oxygen atoms in total. The summed E-state index contributed by atoms with van der Waals surface area (Å²) in [6.07, 6.45) is 1.20. The van der Waals surface area contributed by atoms with E-state index in [1.54, 1.807) is 13.2 Å². The van der Waals surface area contributed by atoms with Gasteiger partial charge in [0.25, 0.3) is 0 Å². The van der Waals surface area contributed by atoms with Gasteiger partial charge in [0, 0.05) is 11.0 Å². The summed E-state index contributed by atoms with van der Waals surface area (Å²) in [5.74, 6) is 0.595. The molecule has 0 spiro atoms. The second-order valence-corrected chi connectivity index (χ2v) is 5.90. The summed E-state index contributed by atoms with van der Waals surface area (Å²) in [5.41, 5.74) is 2.01. The molecule has 0 aromatic heterocycles. The number of ether oxygens (including phenoxy) is 1. The first-order valence-electron chi connectivity index (χ1n) is 6.98. The molecule has 1 atom stereocenters. The zero-order chi connectivity index (χ0) is 15.0. The standard InChI is InChI=1S/C18H17FO2/c1-18(10-12-4-3-5-15(8-12)21-2)11-13-9-14(19)6-7-16(13)17(18)20/h3-9H,10-11H2,1-2H3. The zero-order valence-corrected chi connectivity index (χ0v) is 12.2. The van der Waals surface area contributed by atoms with Crippen molar-refractivity contribution < 1.29 is 13.9 Å². The van der Waals surface area contributed by atoms with Crippen molar-refractivity contribution in [3.05, 3.63) is 65.0 Å². The van der Waals surface area contributed by atoms with E-state index in [4.69, 9.17) is 4.74 Å². The highest BCUT2D eigenvalue weighted by Crippen LogP contribution is 2.39. The molecule has 0 fully saturated rings. The van der Waals surface area contributed by atoms with Crippen LogP contribution in [0.5, 0.6) is 5.75 Å². The Bertz CT molecular complexity index is 708. The third kappa shape index (κ3) is 2.44. The van der Waals surface area contributed by atoms with Gasteiger partial charge in [-0.2, -0.15) is 0 Å². The van der Waals surface area contributed by atoms with Crippen molar-refractivity contribution in [2.75, 3.05) is 7.11 Å². The number of hydrogen-bond donors (Lipinski definition) is 0. The lowest BCUT2D eigenvalue weighted by atomic mass is 9.80. The normalized spacial score (nSPS) is 20.4. The third-order valence-corrected chi connectivity index (χ3v) is 4.17. The Hall–Kier alpha value is -2.16. The molecular weight excluding hydrogens is 267 g/mol. The minimum Gasteiger partial charge on any atom is -0.497 e. The van der Waals surface area contributed by atoms with Crippen LogP contribution in [-0.4, -0.2) is 12.9 Å². The number of methoxy groups -OCH3 is 1. The Morgan fingerprint density at radius 2 is 2.05 bits per heavy atom. The zero-order valence-electron chi connectivity index (χ0n) is 12.2. The maximum absolute atomic E-state index is 13.3. The van der Waals surface area contributed by atoms with Crippen molar-refractivity contribution in [1.29, 1.82) is 0 Å². The SMILES string of the molecule is COc1cccc(CC2(C)Cc3cc(F)ccc3C2=O)c1. The van der Waals surface area contributed by atoms with E-state index in [1.807, 2.05) is 31.2 Å². The molecule has 1 unspecified atom stereocenters. The number of carbonyl (C=O) groups excluding carboxylic acids is 1. The Morgan fingerprint density at radius 1 is 1.24 bits per heavy atom. The molecule has 1 aliphatic rings. The van der Waals surface area contributed by atoms with Crippen LogP contribution in [0.1, 0.15) is 28.4 Å². The first kappa shape index (κ1) is 13.8. The van der Waals surface area contributed by atoms with Gasteiger partial charge < -0.3 is 4.74 Å². The minimum atomic E-state index is -0.511. The Balaban J connectivity index is 1.91. The van der Waals surface area contributed by atoms with Crippen molar-refractivity contribution in [1.82, 2.24) is 0 Å². The van der Waals surface area contributed by atoms with E-state index in [0.29, 0.717) is 18.4 Å². The predicted octanol–water partition coefficient (Wildman–Crippen LogP) is 3.82. The molecule has 0 N–H and O–H groups in total.